The van der Waals surface area contributed by atoms with Crippen LogP contribution in [0, 0.1) is 13.8 Å². The maximum Gasteiger partial charge on any atom is 0.310 e. The molecule has 0 N–H and O–H groups in total. The second-order valence-electron chi connectivity index (χ2n) is 4.62. The number of benzene rings is 2. The monoisotopic (exact) mass is 432 g/mol. The van der Waals surface area contributed by atoms with E-state index >= 15 is 0 Å². The van der Waals surface area contributed by atoms with Crippen LogP contribution >= 0.6 is 22.9 Å². The fourth-order valence-electron chi connectivity index (χ4n) is 1.40. The lowest BCUT2D eigenvalue weighted by molar-refractivity contribution is 0.364. The predicted octanol–water partition coefficient (Wildman–Crippen LogP) is 10.0. The maximum atomic E-state index is 12.1. The first kappa shape index (κ1) is 30.5. The number of rotatable bonds is 1. The highest BCUT2D eigenvalue weighted by Crippen LogP contribution is 3.02. The zero-order chi connectivity index (χ0) is 22.4. The van der Waals surface area contributed by atoms with Gasteiger partial charge in [0.2, 0.25) is 0 Å². The third kappa shape index (κ3) is 15.5. The van der Waals surface area contributed by atoms with Crippen LogP contribution in [0.1, 0.15) is 52.7 Å². The van der Waals surface area contributed by atoms with Gasteiger partial charge in [-0.2, -0.15) is 0 Å². The minimum absolute atomic E-state index is 0.158. The molecule has 2 aromatic rings. The minimum atomic E-state index is -9.46. The van der Waals surface area contributed by atoms with E-state index in [0.29, 0.717) is 12.1 Å². The van der Waals surface area contributed by atoms with Gasteiger partial charge in [-0.1, -0.05) is 90.8 Å². The number of hydrogen-bond donors (Lipinski definition) is 1. The summed E-state index contributed by atoms with van der Waals surface area (Å²) in [5.41, 5.74) is 1.44. The molecule has 0 saturated heterocycles. The van der Waals surface area contributed by atoms with Crippen LogP contribution in [0.2, 0.25) is 0 Å². The molecule has 0 amide bonds. The van der Waals surface area contributed by atoms with Crippen LogP contribution in [0.3, 0.4) is 0 Å². The van der Waals surface area contributed by atoms with E-state index in [9.17, 15) is 19.4 Å². The molecule has 0 aliphatic rings. The number of aryl methyl sites for hydroxylation is 2. The van der Waals surface area contributed by atoms with Gasteiger partial charge in [-0.3, -0.25) is 0 Å². The lowest BCUT2D eigenvalue weighted by atomic mass is 10.2. The molecule has 0 radical (unpaired) electrons. The SMILES string of the molecule is CC.CC.CC.Cc1ccc(S)cc1.Cc1cccc(S(F)(F)(F)(F)F)c1. The summed E-state index contributed by atoms with van der Waals surface area (Å²) < 4.78 is 60.6. The van der Waals surface area contributed by atoms with Gasteiger partial charge in [-0.25, -0.2) is 0 Å². The highest BCUT2D eigenvalue weighted by atomic mass is 32.5. The molecule has 27 heavy (non-hydrogen) atoms. The van der Waals surface area contributed by atoms with Crippen molar-refractivity contribution >= 4 is 22.9 Å². The maximum absolute atomic E-state index is 12.1. The van der Waals surface area contributed by atoms with Crippen molar-refractivity contribution < 1.29 is 19.4 Å². The van der Waals surface area contributed by atoms with E-state index in [2.05, 4.69) is 19.6 Å². The van der Waals surface area contributed by atoms with Crippen molar-refractivity contribution in [3.63, 3.8) is 0 Å². The lowest BCUT2D eigenvalue weighted by Gasteiger charge is -2.40. The first-order valence-corrected chi connectivity index (χ1v) is 11.2. The van der Waals surface area contributed by atoms with Crippen molar-refractivity contribution in [2.45, 2.75) is 65.2 Å². The normalized spacial score (nSPS) is 11.9. The Morgan fingerprint density at radius 2 is 1.04 bits per heavy atom. The molecule has 2 rings (SSSR count). The molecule has 0 nitrogen and oxygen atoms in total. The standard InChI is InChI=1S/C7H7F5S.C7H8S.3C2H6/c1-6-3-2-4-7(5-6)13(8,9,10,11)12;1-6-2-4-7(8)5-3-6;3*1-2/h2-5H,1H3;2-5,8H,1H3;3*1-2H3. The second-order valence-corrected chi connectivity index (χ2v) is 7.55. The molecular weight excluding hydrogens is 399 g/mol. The third-order valence-corrected chi connectivity index (χ3v) is 3.91. The van der Waals surface area contributed by atoms with E-state index in [1.807, 2.05) is 65.8 Å². The van der Waals surface area contributed by atoms with E-state index in [0.717, 1.165) is 11.0 Å². The summed E-state index contributed by atoms with van der Waals surface area (Å²) in [6, 6.07) is 11.2. The average molecular weight is 433 g/mol. The van der Waals surface area contributed by atoms with Gasteiger partial charge in [0.15, 0.2) is 0 Å². The number of hydrogen-bond acceptors (Lipinski definition) is 1. The molecule has 0 aliphatic carbocycles. The van der Waals surface area contributed by atoms with E-state index in [4.69, 9.17) is 0 Å². The van der Waals surface area contributed by atoms with Crippen LogP contribution < -0.4 is 0 Å². The van der Waals surface area contributed by atoms with Gasteiger partial charge >= 0.3 is 10.2 Å². The summed E-state index contributed by atoms with van der Waals surface area (Å²) in [4.78, 5) is -0.810. The Hall–Kier alpha value is -1.21. The molecule has 0 spiro atoms. The van der Waals surface area contributed by atoms with Crippen molar-refractivity contribution in [3.8, 4) is 0 Å². The van der Waals surface area contributed by atoms with Gasteiger partial charge in [-0.15, -0.1) is 12.6 Å². The third-order valence-electron chi connectivity index (χ3n) is 2.47. The summed E-state index contributed by atoms with van der Waals surface area (Å²) in [6.45, 7) is 15.4. The fraction of sp³-hybridized carbons (Fsp3) is 0.400. The zero-order valence-electron chi connectivity index (χ0n) is 17.4. The smallest absolute Gasteiger partial charge is 0.143 e. The lowest BCUT2D eigenvalue weighted by Crippen LogP contribution is -2.05. The van der Waals surface area contributed by atoms with Crippen molar-refractivity contribution in [2.24, 2.45) is 0 Å². The Labute approximate surface area is 167 Å². The van der Waals surface area contributed by atoms with Gasteiger partial charge in [0.25, 0.3) is 0 Å². The summed E-state index contributed by atoms with van der Waals surface area (Å²) in [7, 11) is -9.46. The Bertz CT molecular complexity index is 600. The second kappa shape index (κ2) is 12.3. The summed E-state index contributed by atoms with van der Waals surface area (Å²) in [5.74, 6) is 0. The number of halogens is 5. The molecule has 0 bridgehead atoms. The van der Waals surface area contributed by atoms with Crippen LogP contribution in [0.4, 0.5) is 19.4 Å². The average Bonchev–Trinajstić information content (AvgIpc) is 2.61. The van der Waals surface area contributed by atoms with Crippen molar-refractivity contribution in [2.75, 3.05) is 0 Å². The molecule has 0 aromatic heterocycles. The number of thiol groups is 1. The van der Waals surface area contributed by atoms with Gasteiger partial charge in [0.05, 0.1) is 0 Å². The van der Waals surface area contributed by atoms with Crippen LogP contribution in [0.25, 0.3) is 0 Å². The molecule has 0 heterocycles. The molecule has 0 fully saturated rings. The Morgan fingerprint density at radius 3 is 1.30 bits per heavy atom. The van der Waals surface area contributed by atoms with E-state index in [1.165, 1.54) is 18.6 Å². The topological polar surface area (TPSA) is 0 Å². The Balaban J connectivity index is -0.000000353. The van der Waals surface area contributed by atoms with Crippen LogP contribution in [0.15, 0.2) is 58.3 Å². The summed E-state index contributed by atoms with van der Waals surface area (Å²) >= 11 is 4.13. The van der Waals surface area contributed by atoms with Gasteiger partial charge in [-0.05, 0) is 43.7 Å². The molecule has 7 heteroatoms. The summed E-state index contributed by atoms with van der Waals surface area (Å²) in [5, 5.41) is 0. The van der Waals surface area contributed by atoms with Gasteiger partial charge in [0, 0.05) is 4.90 Å². The first-order chi connectivity index (χ1) is 12.3. The Kier molecular flexibility index (Phi) is 13.9. The summed E-state index contributed by atoms with van der Waals surface area (Å²) in [6.07, 6.45) is 0. The first-order valence-electron chi connectivity index (χ1n) is 8.84. The highest BCUT2D eigenvalue weighted by Gasteiger charge is 2.65. The quantitative estimate of drug-likeness (QED) is 0.336. The van der Waals surface area contributed by atoms with E-state index in [-0.39, 0.29) is 5.56 Å². The largest absolute Gasteiger partial charge is 0.310 e. The van der Waals surface area contributed by atoms with E-state index in [1.54, 1.807) is 0 Å². The van der Waals surface area contributed by atoms with Crippen molar-refractivity contribution in [1.29, 1.82) is 0 Å². The molecular formula is C20H33F5S2. The van der Waals surface area contributed by atoms with Crippen LogP contribution in [0.5, 0.6) is 0 Å². The zero-order valence-corrected chi connectivity index (χ0v) is 19.1. The predicted molar refractivity (Wildman–Crippen MR) is 115 cm³/mol. The Morgan fingerprint density at radius 1 is 0.630 bits per heavy atom. The fourth-order valence-corrected chi connectivity index (χ4v) is 2.29. The molecule has 0 aliphatic heterocycles. The highest BCUT2D eigenvalue weighted by molar-refractivity contribution is 8.45. The van der Waals surface area contributed by atoms with Crippen molar-refractivity contribution in [1.82, 2.24) is 0 Å². The van der Waals surface area contributed by atoms with Gasteiger partial charge in [0.1, 0.15) is 4.90 Å². The molecule has 2 aromatic carbocycles. The van der Waals surface area contributed by atoms with Crippen molar-refractivity contribution in [3.05, 3.63) is 59.7 Å². The molecule has 0 saturated carbocycles. The van der Waals surface area contributed by atoms with Crippen LogP contribution in [-0.4, -0.2) is 0 Å². The van der Waals surface area contributed by atoms with Gasteiger partial charge < -0.3 is 0 Å². The molecule has 160 valence electrons. The molecule has 0 atom stereocenters. The molecule has 0 unspecified atom stereocenters. The minimum Gasteiger partial charge on any atom is -0.143 e. The van der Waals surface area contributed by atoms with Crippen LogP contribution in [-0.2, 0) is 0 Å². The van der Waals surface area contributed by atoms with E-state index < -0.39 is 15.1 Å².